The Hall–Kier alpha value is -1.61. The summed E-state index contributed by atoms with van der Waals surface area (Å²) in [5.41, 5.74) is 15.7. The number of anilines is 2. The molecule has 0 aliphatic heterocycles. The second kappa shape index (κ2) is 5.15. The largest absolute Gasteiger partial charge is 0.398 e. The van der Waals surface area contributed by atoms with Crippen molar-refractivity contribution in [3.8, 4) is 11.1 Å². The molecule has 0 heterocycles. The van der Waals surface area contributed by atoms with Crippen molar-refractivity contribution >= 4 is 23.1 Å². The van der Waals surface area contributed by atoms with Gasteiger partial charge in [0.1, 0.15) is 0 Å². The number of nitrogens with two attached hydrogens (primary N) is 2. The molecule has 0 saturated carbocycles. The summed E-state index contributed by atoms with van der Waals surface area (Å²) in [4.78, 5) is 1.12. The molecule has 0 saturated heterocycles. The Labute approximate surface area is 106 Å². The standard InChI is InChI=1S/C14H16N2S/c1-2-17-14-9-10(7-8-13(14)16)11-5-3-4-6-12(11)15/h3-9H,2,15-16H2,1H3. The first-order valence-corrected chi connectivity index (χ1v) is 6.58. The van der Waals surface area contributed by atoms with E-state index in [1.54, 1.807) is 11.8 Å². The molecule has 0 unspecified atom stereocenters. The van der Waals surface area contributed by atoms with Crippen LogP contribution in [0.25, 0.3) is 11.1 Å². The average molecular weight is 244 g/mol. The SMILES string of the molecule is CCSc1cc(-c2ccccc2N)ccc1N. The van der Waals surface area contributed by atoms with E-state index in [9.17, 15) is 0 Å². The van der Waals surface area contributed by atoms with Gasteiger partial charge in [0.05, 0.1) is 0 Å². The van der Waals surface area contributed by atoms with E-state index in [4.69, 9.17) is 11.5 Å². The summed E-state index contributed by atoms with van der Waals surface area (Å²) in [5.74, 6) is 1.01. The molecule has 88 valence electrons. The summed E-state index contributed by atoms with van der Waals surface area (Å²) in [6, 6.07) is 13.9. The van der Waals surface area contributed by atoms with E-state index in [2.05, 4.69) is 13.0 Å². The van der Waals surface area contributed by atoms with Gasteiger partial charge in [-0.15, -0.1) is 11.8 Å². The fraction of sp³-hybridized carbons (Fsp3) is 0.143. The molecule has 2 nitrogen and oxygen atoms in total. The lowest BCUT2D eigenvalue weighted by Crippen LogP contribution is -1.92. The molecular weight excluding hydrogens is 228 g/mol. The average Bonchev–Trinajstić information content (AvgIpc) is 2.33. The van der Waals surface area contributed by atoms with Crippen LogP contribution in [0, 0.1) is 0 Å². The number of hydrogen-bond acceptors (Lipinski definition) is 3. The minimum Gasteiger partial charge on any atom is -0.398 e. The lowest BCUT2D eigenvalue weighted by molar-refractivity contribution is 1.42. The molecule has 0 fully saturated rings. The first-order valence-electron chi connectivity index (χ1n) is 5.59. The van der Waals surface area contributed by atoms with E-state index >= 15 is 0 Å². The molecule has 2 aromatic rings. The number of thioether (sulfide) groups is 1. The van der Waals surface area contributed by atoms with Gasteiger partial charge in [-0.3, -0.25) is 0 Å². The topological polar surface area (TPSA) is 52.0 Å². The Bertz CT molecular complexity index is 523. The van der Waals surface area contributed by atoms with Crippen molar-refractivity contribution in [3.05, 3.63) is 42.5 Å². The highest BCUT2D eigenvalue weighted by molar-refractivity contribution is 7.99. The van der Waals surface area contributed by atoms with Crippen molar-refractivity contribution in [1.29, 1.82) is 0 Å². The zero-order valence-corrected chi connectivity index (χ0v) is 10.6. The zero-order valence-electron chi connectivity index (χ0n) is 9.81. The van der Waals surface area contributed by atoms with E-state index in [0.29, 0.717) is 0 Å². The van der Waals surface area contributed by atoms with Crippen LogP contribution in [0.1, 0.15) is 6.92 Å². The minimum atomic E-state index is 0.796. The quantitative estimate of drug-likeness (QED) is 0.640. The maximum absolute atomic E-state index is 5.98. The van der Waals surface area contributed by atoms with Crippen LogP contribution >= 0.6 is 11.8 Å². The van der Waals surface area contributed by atoms with Crippen molar-refractivity contribution in [3.63, 3.8) is 0 Å². The van der Waals surface area contributed by atoms with Crippen molar-refractivity contribution in [2.45, 2.75) is 11.8 Å². The predicted octanol–water partition coefficient (Wildman–Crippen LogP) is 3.63. The Morgan fingerprint density at radius 3 is 2.47 bits per heavy atom. The number of hydrogen-bond donors (Lipinski definition) is 2. The van der Waals surface area contributed by atoms with Crippen LogP contribution in [0.2, 0.25) is 0 Å². The number of benzene rings is 2. The van der Waals surface area contributed by atoms with Crippen LogP contribution in [0.4, 0.5) is 11.4 Å². The van der Waals surface area contributed by atoms with Crippen molar-refractivity contribution in [2.24, 2.45) is 0 Å². The lowest BCUT2D eigenvalue weighted by Gasteiger charge is -2.09. The summed E-state index contributed by atoms with van der Waals surface area (Å²) in [6.07, 6.45) is 0. The molecule has 2 aromatic carbocycles. The molecule has 0 bridgehead atoms. The van der Waals surface area contributed by atoms with Crippen LogP contribution in [0.15, 0.2) is 47.4 Å². The van der Waals surface area contributed by atoms with Crippen molar-refractivity contribution in [1.82, 2.24) is 0 Å². The van der Waals surface area contributed by atoms with Crippen LogP contribution in [-0.2, 0) is 0 Å². The summed E-state index contributed by atoms with van der Waals surface area (Å²) in [6.45, 7) is 2.12. The van der Waals surface area contributed by atoms with Crippen molar-refractivity contribution < 1.29 is 0 Å². The smallest absolute Gasteiger partial charge is 0.0452 e. The number of para-hydroxylation sites is 1. The molecule has 0 amide bonds. The molecular formula is C14H16N2S. The van der Waals surface area contributed by atoms with Crippen LogP contribution in [0.5, 0.6) is 0 Å². The van der Waals surface area contributed by atoms with Gasteiger partial charge in [0.15, 0.2) is 0 Å². The fourth-order valence-electron chi connectivity index (χ4n) is 1.74. The normalized spacial score (nSPS) is 10.4. The maximum atomic E-state index is 5.98. The number of nitrogen functional groups attached to an aromatic ring is 2. The maximum Gasteiger partial charge on any atom is 0.0452 e. The summed E-state index contributed by atoms with van der Waals surface area (Å²) < 4.78 is 0. The molecule has 0 spiro atoms. The minimum absolute atomic E-state index is 0.796. The first kappa shape index (κ1) is 11.9. The lowest BCUT2D eigenvalue weighted by atomic mass is 10.0. The van der Waals surface area contributed by atoms with E-state index in [-0.39, 0.29) is 0 Å². The third kappa shape index (κ3) is 2.56. The second-order valence-electron chi connectivity index (χ2n) is 3.77. The first-order chi connectivity index (χ1) is 8.22. The number of rotatable bonds is 3. The van der Waals surface area contributed by atoms with Gasteiger partial charge in [-0.1, -0.05) is 31.2 Å². The van der Waals surface area contributed by atoms with Gasteiger partial charge in [-0.25, -0.2) is 0 Å². The molecule has 0 radical (unpaired) electrons. The van der Waals surface area contributed by atoms with Gasteiger partial charge in [-0.05, 0) is 29.5 Å². The summed E-state index contributed by atoms with van der Waals surface area (Å²) in [7, 11) is 0. The summed E-state index contributed by atoms with van der Waals surface area (Å²) in [5, 5.41) is 0. The highest BCUT2D eigenvalue weighted by Crippen LogP contribution is 2.32. The van der Waals surface area contributed by atoms with Crippen LogP contribution in [0.3, 0.4) is 0 Å². The van der Waals surface area contributed by atoms with E-state index in [0.717, 1.165) is 33.2 Å². The third-order valence-corrected chi connectivity index (χ3v) is 3.54. The Kier molecular flexibility index (Phi) is 3.59. The molecule has 2 rings (SSSR count). The molecule has 0 aliphatic carbocycles. The van der Waals surface area contributed by atoms with E-state index < -0.39 is 0 Å². The van der Waals surface area contributed by atoms with Gasteiger partial charge >= 0.3 is 0 Å². The van der Waals surface area contributed by atoms with Gasteiger partial charge in [-0.2, -0.15) is 0 Å². The third-order valence-electron chi connectivity index (χ3n) is 2.59. The van der Waals surface area contributed by atoms with Crippen LogP contribution in [-0.4, -0.2) is 5.75 Å². The Morgan fingerprint density at radius 1 is 1.00 bits per heavy atom. The van der Waals surface area contributed by atoms with E-state index in [1.165, 1.54) is 0 Å². The Morgan fingerprint density at radius 2 is 1.76 bits per heavy atom. The zero-order chi connectivity index (χ0) is 12.3. The molecule has 0 aromatic heterocycles. The summed E-state index contributed by atoms with van der Waals surface area (Å²) >= 11 is 1.75. The van der Waals surface area contributed by atoms with E-state index in [1.807, 2.05) is 36.4 Å². The Balaban J connectivity index is 2.46. The molecule has 4 N–H and O–H groups in total. The monoisotopic (exact) mass is 244 g/mol. The molecule has 0 aliphatic rings. The molecule has 3 heteroatoms. The van der Waals surface area contributed by atoms with Gasteiger partial charge in [0.25, 0.3) is 0 Å². The predicted molar refractivity (Wildman–Crippen MR) is 77.1 cm³/mol. The second-order valence-corrected chi connectivity index (χ2v) is 5.08. The van der Waals surface area contributed by atoms with Crippen molar-refractivity contribution in [2.75, 3.05) is 17.2 Å². The van der Waals surface area contributed by atoms with Gasteiger partial charge in [0, 0.05) is 21.8 Å². The van der Waals surface area contributed by atoms with Gasteiger partial charge < -0.3 is 11.5 Å². The van der Waals surface area contributed by atoms with Crippen LogP contribution < -0.4 is 11.5 Å². The fourth-order valence-corrected chi connectivity index (χ4v) is 2.50. The van der Waals surface area contributed by atoms with Gasteiger partial charge in [0.2, 0.25) is 0 Å². The molecule has 0 atom stereocenters. The highest BCUT2D eigenvalue weighted by Gasteiger charge is 2.05. The molecule has 17 heavy (non-hydrogen) atoms. The highest BCUT2D eigenvalue weighted by atomic mass is 32.2.